The zero-order valence-corrected chi connectivity index (χ0v) is 25.2. The highest BCUT2D eigenvalue weighted by molar-refractivity contribution is 7.92. The fourth-order valence-corrected chi connectivity index (χ4v) is 5.89. The quantitative estimate of drug-likeness (QED) is 0.314. The second kappa shape index (κ2) is 13.6. The number of benzene rings is 3. The summed E-state index contributed by atoms with van der Waals surface area (Å²) in [4.78, 5) is 29.2. The Labute approximate surface area is 239 Å². The Morgan fingerprint density at radius 1 is 0.850 bits per heavy atom. The Kier molecular flexibility index (Phi) is 10.5. The molecule has 0 aromatic heterocycles. The molecular formula is C32H41N3O4S. The highest BCUT2D eigenvalue weighted by Gasteiger charge is 2.34. The number of hydrogen-bond donors (Lipinski definition) is 1. The van der Waals surface area contributed by atoms with Crippen molar-refractivity contribution in [1.82, 2.24) is 10.2 Å². The Morgan fingerprint density at radius 3 is 2.12 bits per heavy atom. The molecule has 1 N–H and O–H groups in total. The monoisotopic (exact) mass is 563 g/mol. The van der Waals surface area contributed by atoms with Gasteiger partial charge in [0.05, 0.1) is 10.6 Å². The molecule has 3 aromatic rings. The topological polar surface area (TPSA) is 86.8 Å². The van der Waals surface area contributed by atoms with Gasteiger partial charge >= 0.3 is 0 Å². The lowest BCUT2D eigenvalue weighted by atomic mass is 10.1. The molecule has 214 valence electrons. The van der Waals surface area contributed by atoms with Gasteiger partial charge in [-0.3, -0.25) is 13.9 Å². The number of carbonyl (C=O) groups is 2. The van der Waals surface area contributed by atoms with Crippen LogP contribution in [0.4, 0.5) is 5.69 Å². The van der Waals surface area contributed by atoms with E-state index in [1.807, 2.05) is 71.9 Å². The molecule has 0 aliphatic heterocycles. The highest BCUT2D eigenvalue weighted by Crippen LogP contribution is 2.26. The third kappa shape index (κ3) is 7.50. The van der Waals surface area contributed by atoms with Crippen LogP contribution in [0.3, 0.4) is 0 Å². The van der Waals surface area contributed by atoms with Crippen LogP contribution in [-0.4, -0.2) is 43.8 Å². The number of amides is 2. The molecule has 0 bridgehead atoms. The fourth-order valence-electron chi connectivity index (χ4n) is 4.48. The number of rotatable bonds is 12. The Balaban J connectivity index is 2.07. The first kappa shape index (κ1) is 30.9. The Hall–Kier alpha value is -3.65. The van der Waals surface area contributed by atoms with Crippen molar-refractivity contribution < 1.29 is 18.0 Å². The van der Waals surface area contributed by atoms with Gasteiger partial charge < -0.3 is 10.2 Å². The van der Waals surface area contributed by atoms with Gasteiger partial charge in [-0.25, -0.2) is 8.42 Å². The molecule has 7 nitrogen and oxygen atoms in total. The average molecular weight is 564 g/mol. The van der Waals surface area contributed by atoms with Crippen molar-refractivity contribution in [3.8, 4) is 0 Å². The third-order valence-electron chi connectivity index (χ3n) is 7.17. The summed E-state index contributed by atoms with van der Waals surface area (Å²) in [6.07, 6.45) is 1.14. The van der Waals surface area contributed by atoms with E-state index in [0.29, 0.717) is 12.1 Å². The van der Waals surface area contributed by atoms with Crippen molar-refractivity contribution >= 4 is 27.5 Å². The van der Waals surface area contributed by atoms with Crippen LogP contribution in [0.15, 0.2) is 77.7 Å². The van der Waals surface area contributed by atoms with E-state index < -0.39 is 28.5 Å². The van der Waals surface area contributed by atoms with Crippen LogP contribution in [-0.2, 0) is 26.2 Å². The van der Waals surface area contributed by atoms with Gasteiger partial charge in [0.15, 0.2) is 0 Å². The molecule has 3 rings (SSSR count). The fraction of sp³-hybridized carbons (Fsp3) is 0.375. The molecule has 0 spiro atoms. The number of hydrogen-bond acceptors (Lipinski definition) is 4. The zero-order valence-electron chi connectivity index (χ0n) is 24.3. The molecule has 8 heteroatoms. The van der Waals surface area contributed by atoms with Crippen molar-refractivity contribution in [1.29, 1.82) is 0 Å². The first-order valence-electron chi connectivity index (χ1n) is 13.8. The van der Waals surface area contributed by atoms with Gasteiger partial charge in [0.1, 0.15) is 12.6 Å². The molecule has 0 saturated carbocycles. The number of carbonyl (C=O) groups excluding carboxylic acids is 2. The van der Waals surface area contributed by atoms with E-state index in [4.69, 9.17) is 0 Å². The molecule has 0 radical (unpaired) electrons. The van der Waals surface area contributed by atoms with Crippen LogP contribution in [0.1, 0.15) is 55.9 Å². The molecule has 3 aromatic carbocycles. The second-order valence-electron chi connectivity index (χ2n) is 10.4. The first-order valence-corrected chi connectivity index (χ1v) is 15.2. The van der Waals surface area contributed by atoms with Crippen molar-refractivity contribution in [3.63, 3.8) is 0 Å². The smallest absolute Gasteiger partial charge is 0.264 e. The molecule has 2 amide bonds. The van der Waals surface area contributed by atoms with Gasteiger partial charge in [-0.2, -0.15) is 0 Å². The van der Waals surface area contributed by atoms with E-state index in [1.165, 1.54) is 4.90 Å². The minimum atomic E-state index is -4.09. The number of anilines is 1. The maximum Gasteiger partial charge on any atom is 0.264 e. The van der Waals surface area contributed by atoms with Crippen molar-refractivity contribution in [2.45, 2.75) is 77.9 Å². The largest absolute Gasteiger partial charge is 0.352 e. The van der Waals surface area contributed by atoms with Crippen molar-refractivity contribution in [2.75, 3.05) is 10.8 Å². The molecule has 0 heterocycles. The van der Waals surface area contributed by atoms with E-state index in [9.17, 15) is 18.0 Å². The Morgan fingerprint density at radius 2 is 1.52 bits per heavy atom. The summed E-state index contributed by atoms with van der Waals surface area (Å²) in [6.45, 7) is 11.2. The molecule has 0 fully saturated rings. The molecule has 40 heavy (non-hydrogen) atoms. The van der Waals surface area contributed by atoms with E-state index >= 15 is 0 Å². The number of nitrogens with zero attached hydrogens (tertiary/aromatic N) is 2. The predicted molar refractivity (Wildman–Crippen MR) is 161 cm³/mol. The van der Waals surface area contributed by atoms with Gasteiger partial charge in [0.25, 0.3) is 10.0 Å². The summed E-state index contributed by atoms with van der Waals surface area (Å²) < 4.78 is 29.1. The van der Waals surface area contributed by atoms with Crippen LogP contribution >= 0.6 is 0 Å². The average Bonchev–Trinajstić information content (AvgIpc) is 2.92. The third-order valence-corrected chi connectivity index (χ3v) is 8.95. The van der Waals surface area contributed by atoms with Gasteiger partial charge in [-0.15, -0.1) is 0 Å². The van der Waals surface area contributed by atoms with Crippen LogP contribution in [0.2, 0.25) is 0 Å². The molecular weight excluding hydrogens is 522 g/mol. The van der Waals surface area contributed by atoms with Crippen LogP contribution in [0.25, 0.3) is 0 Å². The highest BCUT2D eigenvalue weighted by atomic mass is 32.2. The summed E-state index contributed by atoms with van der Waals surface area (Å²) in [6, 6.07) is 20.5. The molecule has 0 saturated heterocycles. The molecule has 2 atom stereocenters. The summed E-state index contributed by atoms with van der Waals surface area (Å²) >= 11 is 0. The van der Waals surface area contributed by atoms with E-state index in [2.05, 4.69) is 5.32 Å². The standard InChI is InChI=1S/C32H41N3O4S/c1-7-26(6)33-32(37)30(8-2)34(21-27-14-10-9-13-25(27)5)31(36)22-35(28-15-11-12-24(4)20-28)40(38,39)29-18-16-23(3)17-19-29/h9-20,26,30H,7-8,21-22H2,1-6H3,(H,33,37). The normalized spacial score (nSPS) is 12.8. The maximum atomic E-state index is 14.2. The molecule has 2 unspecified atom stereocenters. The predicted octanol–water partition coefficient (Wildman–Crippen LogP) is 5.53. The summed E-state index contributed by atoms with van der Waals surface area (Å²) in [5.41, 5.74) is 4.07. The second-order valence-corrected chi connectivity index (χ2v) is 12.2. The summed E-state index contributed by atoms with van der Waals surface area (Å²) in [5.74, 6) is -0.700. The lowest BCUT2D eigenvalue weighted by Gasteiger charge is -2.34. The molecule has 0 aliphatic carbocycles. The SMILES string of the molecule is CCC(C)NC(=O)C(CC)N(Cc1ccccc1C)C(=O)CN(c1cccc(C)c1)S(=O)(=O)c1ccc(C)cc1. The number of aryl methyl sites for hydroxylation is 3. The van der Waals surface area contributed by atoms with Crippen LogP contribution < -0.4 is 9.62 Å². The van der Waals surface area contributed by atoms with Gasteiger partial charge in [0, 0.05) is 12.6 Å². The first-order chi connectivity index (χ1) is 19.0. The van der Waals surface area contributed by atoms with Crippen LogP contribution in [0, 0.1) is 20.8 Å². The zero-order chi connectivity index (χ0) is 29.4. The van der Waals surface area contributed by atoms with Gasteiger partial charge in [-0.05, 0) is 81.5 Å². The lowest BCUT2D eigenvalue weighted by Crippen LogP contribution is -2.53. The number of nitrogens with one attached hydrogen (secondary N) is 1. The van der Waals surface area contributed by atoms with E-state index in [0.717, 1.165) is 33.0 Å². The molecule has 0 aliphatic rings. The van der Waals surface area contributed by atoms with E-state index in [1.54, 1.807) is 42.5 Å². The van der Waals surface area contributed by atoms with Gasteiger partial charge in [0.2, 0.25) is 11.8 Å². The summed E-state index contributed by atoms with van der Waals surface area (Å²) in [5, 5.41) is 3.01. The Bertz CT molecular complexity index is 1420. The number of sulfonamides is 1. The van der Waals surface area contributed by atoms with Gasteiger partial charge in [-0.1, -0.05) is 67.9 Å². The minimum Gasteiger partial charge on any atom is -0.352 e. The maximum absolute atomic E-state index is 14.2. The lowest BCUT2D eigenvalue weighted by molar-refractivity contribution is -0.140. The summed E-state index contributed by atoms with van der Waals surface area (Å²) in [7, 11) is -4.09. The van der Waals surface area contributed by atoms with Crippen molar-refractivity contribution in [3.05, 3.63) is 95.1 Å². The van der Waals surface area contributed by atoms with Crippen molar-refractivity contribution in [2.24, 2.45) is 0 Å². The van der Waals surface area contributed by atoms with Crippen LogP contribution in [0.5, 0.6) is 0 Å². The minimum absolute atomic E-state index is 0.0531. The van der Waals surface area contributed by atoms with E-state index in [-0.39, 0.29) is 23.4 Å².